The van der Waals surface area contributed by atoms with Crippen molar-refractivity contribution in [1.29, 1.82) is 0 Å². The normalized spacial score (nSPS) is 11.5. The van der Waals surface area contributed by atoms with Crippen LogP contribution in [0, 0.1) is 6.92 Å². The Kier molecular flexibility index (Phi) is 7.03. The van der Waals surface area contributed by atoms with E-state index in [0.717, 1.165) is 10.4 Å². The summed E-state index contributed by atoms with van der Waals surface area (Å²) in [5, 5.41) is 11.0. The Hall–Kier alpha value is -3.12. The molecular weight excluding hydrogens is 382 g/mol. The zero-order valence-electron chi connectivity index (χ0n) is 16.6. The third-order valence-corrected chi connectivity index (χ3v) is 5.59. The molecule has 3 rings (SSSR count). The van der Waals surface area contributed by atoms with E-state index < -0.39 is 0 Å². The Labute approximate surface area is 175 Å². The maximum Gasteiger partial charge on any atom is 0.253 e. The Bertz CT molecular complexity index is 953. The summed E-state index contributed by atoms with van der Waals surface area (Å²) in [5.74, 6) is -0.304. The SMILES string of the molecule is Cc1ccc(CNC(=O)c2ccccc2NCC(=O)NC(C)c2cccs2)cc1. The minimum absolute atomic E-state index is 0.0441. The van der Waals surface area contributed by atoms with Crippen LogP contribution in [0.5, 0.6) is 0 Å². The van der Waals surface area contributed by atoms with E-state index in [0.29, 0.717) is 17.8 Å². The molecule has 1 aromatic heterocycles. The summed E-state index contributed by atoms with van der Waals surface area (Å²) in [4.78, 5) is 26.0. The van der Waals surface area contributed by atoms with Gasteiger partial charge in [-0.15, -0.1) is 11.3 Å². The molecule has 0 fully saturated rings. The summed E-state index contributed by atoms with van der Waals surface area (Å²) < 4.78 is 0. The number of benzene rings is 2. The van der Waals surface area contributed by atoms with Crippen LogP contribution < -0.4 is 16.0 Å². The molecule has 3 N–H and O–H groups in total. The summed E-state index contributed by atoms with van der Waals surface area (Å²) >= 11 is 1.61. The van der Waals surface area contributed by atoms with E-state index in [1.165, 1.54) is 5.56 Å². The van der Waals surface area contributed by atoms with Crippen molar-refractivity contribution in [3.8, 4) is 0 Å². The highest BCUT2D eigenvalue weighted by Crippen LogP contribution is 2.18. The molecule has 0 saturated heterocycles. The van der Waals surface area contributed by atoms with E-state index in [1.807, 2.05) is 67.8 Å². The van der Waals surface area contributed by atoms with Gasteiger partial charge in [-0.25, -0.2) is 0 Å². The number of nitrogens with one attached hydrogen (secondary N) is 3. The van der Waals surface area contributed by atoms with Gasteiger partial charge in [0.2, 0.25) is 5.91 Å². The van der Waals surface area contributed by atoms with Crippen LogP contribution in [-0.2, 0) is 11.3 Å². The van der Waals surface area contributed by atoms with Gasteiger partial charge in [-0.1, -0.05) is 48.0 Å². The molecule has 0 radical (unpaired) electrons. The van der Waals surface area contributed by atoms with E-state index in [-0.39, 0.29) is 24.4 Å². The van der Waals surface area contributed by atoms with Gasteiger partial charge in [0.1, 0.15) is 0 Å². The first-order valence-electron chi connectivity index (χ1n) is 9.52. The molecule has 0 saturated carbocycles. The van der Waals surface area contributed by atoms with E-state index in [1.54, 1.807) is 23.5 Å². The molecule has 1 heterocycles. The van der Waals surface area contributed by atoms with Crippen molar-refractivity contribution in [3.63, 3.8) is 0 Å². The largest absolute Gasteiger partial charge is 0.376 e. The lowest BCUT2D eigenvalue weighted by atomic mass is 10.1. The monoisotopic (exact) mass is 407 g/mol. The molecule has 0 aliphatic carbocycles. The zero-order chi connectivity index (χ0) is 20.6. The fraction of sp³-hybridized carbons (Fsp3) is 0.217. The van der Waals surface area contributed by atoms with Crippen molar-refractivity contribution in [2.75, 3.05) is 11.9 Å². The summed E-state index contributed by atoms with van der Waals surface area (Å²) in [6.07, 6.45) is 0. The van der Waals surface area contributed by atoms with E-state index in [9.17, 15) is 9.59 Å². The molecule has 6 heteroatoms. The number of para-hydroxylation sites is 1. The van der Waals surface area contributed by atoms with Gasteiger partial charge in [0, 0.05) is 17.1 Å². The van der Waals surface area contributed by atoms with Crippen LogP contribution in [0.3, 0.4) is 0 Å². The molecule has 150 valence electrons. The number of aryl methyl sites for hydroxylation is 1. The van der Waals surface area contributed by atoms with Gasteiger partial charge < -0.3 is 16.0 Å². The van der Waals surface area contributed by atoms with Crippen LogP contribution in [-0.4, -0.2) is 18.4 Å². The Morgan fingerprint density at radius 1 is 1.00 bits per heavy atom. The van der Waals surface area contributed by atoms with Gasteiger partial charge in [0.25, 0.3) is 5.91 Å². The quantitative estimate of drug-likeness (QED) is 0.522. The highest BCUT2D eigenvalue weighted by molar-refractivity contribution is 7.10. The predicted octanol–water partition coefficient (Wildman–Crippen LogP) is 4.28. The van der Waals surface area contributed by atoms with Crippen LogP contribution in [0.15, 0.2) is 66.0 Å². The molecule has 1 atom stereocenters. The Morgan fingerprint density at radius 2 is 1.76 bits per heavy atom. The molecule has 2 amide bonds. The third-order valence-electron chi connectivity index (χ3n) is 4.53. The van der Waals surface area contributed by atoms with Gasteiger partial charge in [-0.3, -0.25) is 9.59 Å². The highest BCUT2D eigenvalue weighted by Gasteiger charge is 2.13. The van der Waals surface area contributed by atoms with Crippen molar-refractivity contribution in [3.05, 3.63) is 87.6 Å². The predicted molar refractivity (Wildman–Crippen MR) is 118 cm³/mol. The molecule has 3 aromatic rings. The number of carbonyl (C=O) groups excluding carboxylic acids is 2. The van der Waals surface area contributed by atoms with Crippen LogP contribution in [0.25, 0.3) is 0 Å². The number of thiophene rings is 1. The van der Waals surface area contributed by atoms with Gasteiger partial charge in [0.15, 0.2) is 0 Å². The van der Waals surface area contributed by atoms with Crippen LogP contribution in [0.1, 0.15) is 39.3 Å². The standard InChI is InChI=1S/C23H25N3O2S/c1-16-9-11-18(12-10-16)14-25-23(28)19-6-3-4-7-20(19)24-15-22(27)26-17(2)21-8-5-13-29-21/h3-13,17,24H,14-15H2,1-2H3,(H,25,28)(H,26,27). The van der Waals surface area contributed by atoms with Crippen LogP contribution in [0.2, 0.25) is 0 Å². The summed E-state index contributed by atoms with van der Waals surface area (Å²) in [6.45, 7) is 4.53. The maximum atomic E-state index is 12.6. The minimum atomic E-state index is -0.180. The number of carbonyl (C=O) groups is 2. The number of hydrogen-bond acceptors (Lipinski definition) is 4. The van der Waals surface area contributed by atoms with Crippen molar-refractivity contribution in [2.45, 2.75) is 26.4 Å². The van der Waals surface area contributed by atoms with Crippen LogP contribution in [0.4, 0.5) is 5.69 Å². The molecule has 0 spiro atoms. The lowest BCUT2D eigenvalue weighted by Crippen LogP contribution is -2.32. The minimum Gasteiger partial charge on any atom is -0.376 e. The second kappa shape index (κ2) is 9.89. The van der Waals surface area contributed by atoms with E-state index >= 15 is 0 Å². The fourth-order valence-corrected chi connectivity index (χ4v) is 3.63. The summed E-state index contributed by atoms with van der Waals surface area (Å²) in [6, 6.07) is 19.2. The second-order valence-electron chi connectivity index (χ2n) is 6.87. The molecule has 2 aromatic carbocycles. The number of amides is 2. The first-order valence-corrected chi connectivity index (χ1v) is 10.4. The first kappa shape index (κ1) is 20.6. The smallest absolute Gasteiger partial charge is 0.253 e. The Balaban J connectivity index is 1.55. The van der Waals surface area contributed by atoms with Gasteiger partial charge in [-0.2, -0.15) is 0 Å². The van der Waals surface area contributed by atoms with E-state index in [4.69, 9.17) is 0 Å². The van der Waals surface area contributed by atoms with Crippen molar-refractivity contribution in [2.24, 2.45) is 0 Å². The van der Waals surface area contributed by atoms with Crippen LogP contribution >= 0.6 is 11.3 Å². The third kappa shape index (κ3) is 5.93. The lowest BCUT2D eigenvalue weighted by Gasteiger charge is -2.15. The lowest BCUT2D eigenvalue weighted by molar-refractivity contribution is -0.120. The second-order valence-corrected chi connectivity index (χ2v) is 7.85. The van der Waals surface area contributed by atoms with E-state index in [2.05, 4.69) is 16.0 Å². The highest BCUT2D eigenvalue weighted by atomic mass is 32.1. The number of anilines is 1. The average molecular weight is 408 g/mol. The first-order chi connectivity index (χ1) is 14.0. The molecule has 1 unspecified atom stereocenters. The fourth-order valence-electron chi connectivity index (χ4n) is 2.90. The molecule has 0 bridgehead atoms. The number of hydrogen-bond donors (Lipinski definition) is 3. The molecular formula is C23H25N3O2S. The zero-order valence-corrected chi connectivity index (χ0v) is 17.4. The van der Waals surface area contributed by atoms with Gasteiger partial charge in [-0.05, 0) is 43.0 Å². The van der Waals surface area contributed by atoms with Gasteiger partial charge in [0.05, 0.1) is 18.2 Å². The van der Waals surface area contributed by atoms with Crippen molar-refractivity contribution < 1.29 is 9.59 Å². The Morgan fingerprint density at radius 3 is 2.48 bits per heavy atom. The van der Waals surface area contributed by atoms with Crippen molar-refractivity contribution >= 4 is 28.8 Å². The summed E-state index contributed by atoms with van der Waals surface area (Å²) in [7, 11) is 0. The topological polar surface area (TPSA) is 70.2 Å². The number of rotatable bonds is 8. The molecule has 0 aliphatic rings. The molecule has 29 heavy (non-hydrogen) atoms. The maximum absolute atomic E-state index is 12.6. The molecule has 5 nitrogen and oxygen atoms in total. The van der Waals surface area contributed by atoms with Gasteiger partial charge >= 0.3 is 0 Å². The average Bonchev–Trinajstić information content (AvgIpc) is 3.27. The summed E-state index contributed by atoms with van der Waals surface area (Å²) in [5.41, 5.74) is 3.36. The molecule has 0 aliphatic heterocycles. The van der Waals surface area contributed by atoms with Crippen molar-refractivity contribution in [1.82, 2.24) is 10.6 Å².